The van der Waals surface area contributed by atoms with Crippen molar-refractivity contribution in [1.82, 2.24) is 10.6 Å². The van der Waals surface area contributed by atoms with E-state index in [2.05, 4.69) is 10.6 Å². The van der Waals surface area contributed by atoms with Crippen molar-refractivity contribution >= 4 is 23.2 Å². The third-order valence-corrected chi connectivity index (χ3v) is 2.97. The molecule has 0 radical (unpaired) electrons. The number of aliphatic hydroxyl groups excluding tert-OH is 1. The van der Waals surface area contributed by atoms with Crippen LogP contribution in [0.5, 0.6) is 0 Å². The minimum absolute atomic E-state index is 0.301. The Morgan fingerprint density at radius 1 is 1.18 bits per heavy atom. The molecule has 3 N–H and O–H groups in total. The average Bonchev–Trinajstić information content (AvgIpc) is 2.27. The van der Waals surface area contributed by atoms with Crippen molar-refractivity contribution in [3.63, 3.8) is 0 Å². The van der Waals surface area contributed by atoms with E-state index in [1.807, 2.05) is 12.1 Å². The summed E-state index contributed by atoms with van der Waals surface area (Å²) in [6.07, 6.45) is -0.301. The van der Waals surface area contributed by atoms with Gasteiger partial charge < -0.3 is 15.7 Å². The molecule has 0 spiro atoms. The van der Waals surface area contributed by atoms with Gasteiger partial charge in [-0.25, -0.2) is 0 Å². The highest BCUT2D eigenvalue weighted by atomic mass is 35.5. The van der Waals surface area contributed by atoms with Gasteiger partial charge in [-0.05, 0) is 24.6 Å². The van der Waals surface area contributed by atoms with E-state index in [0.29, 0.717) is 16.6 Å². The lowest BCUT2D eigenvalue weighted by molar-refractivity contribution is 0.191. The minimum Gasteiger partial charge on any atom is -0.392 e. The molecule has 0 aliphatic carbocycles. The van der Waals surface area contributed by atoms with Gasteiger partial charge in [-0.3, -0.25) is 0 Å². The third kappa shape index (κ3) is 6.24. The molecule has 1 aromatic carbocycles. The van der Waals surface area contributed by atoms with Crippen LogP contribution >= 0.6 is 23.2 Å². The average molecular weight is 277 g/mol. The molecule has 0 unspecified atom stereocenters. The van der Waals surface area contributed by atoms with Crippen molar-refractivity contribution < 1.29 is 5.11 Å². The zero-order valence-electron chi connectivity index (χ0n) is 9.84. The van der Waals surface area contributed by atoms with Crippen molar-refractivity contribution in [2.45, 2.75) is 19.6 Å². The number of aliphatic hydroxyl groups is 1. The summed E-state index contributed by atoms with van der Waals surface area (Å²) in [5.74, 6) is 0. The van der Waals surface area contributed by atoms with E-state index in [-0.39, 0.29) is 6.10 Å². The zero-order valence-corrected chi connectivity index (χ0v) is 11.4. The lowest BCUT2D eigenvalue weighted by atomic mass is 10.2. The monoisotopic (exact) mass is 276 g/mol. The summed E-state index contributed by atoms with van der Waals surface area (Å²) in [6, 6.07) is 5.61. The van der Waals surface area contributed by atoms with Gasteiger partial charge in [-0.1, -0.05) is 29.3 Å². The number of halogens is 2. The van der Waals surface area contributed by atoms with Crippen molar-refractivity contribution in [1.29, 1.82) is 0 Å². The van der Waals surface area contributed by atoms with Gasteiger partial charge in [0.25, 0.3) is 0 Å². The van der Waals surface area contributed by atoms with Crippen LogP contribution in [0.25, 0.3) is 0 Å². The SMILES string of the molecule is C[C@@H](O)CNCCNCc1ccc(Cl)c(Cl)c1. The zero-order chi connectivity index (χ0) is 12.7. The fraction of sp³-hybridized carbons (Fsp3) is 0.500. The van der Waals surface area contributed by atoms with Crippen LogP contribution in [0.3, 0.4) is 0 Å². The third-order valence-electron chi connectivity index (χ3n) is 2.23. The molecule has 0 amide bonds. The molecule has 0 heterocycles. The Balaban J connectivity index is 2.16. The van der Waals surface area contributed by atoms with Gasteiger partial charge in [-0.15, -0.1) is 0 Å². The van der Waals surface area contributed by atoms with Gasteiger partial charge in [0.2, 0.25) is 0 Å². The summed E-state index contributed by atoms with van der Waals surface area (Å²) >= 11 is 11.7. The minimum atomic E-state index is -0.301. The number of hydrogen-bond acceptors (Lipinski definition) is 3. The second-order valence-electron chi connectivity index (χ2n) is 3.98. The molecular formula is C12H18Cl2N2O. The van der Waals surface area contributed by atoms with Crippen LogP contribution < -0.4 is 10.6 Å². The topological polar surface area (TPSA) is 44.3 Å². The summed E-state index contributed by atoms with van der Waals surface area (Å²) in [7, 11) is 0. The first kappa shape index (κ1) is 14.7. The van der Waals surface area contributed by atoms with Crippen molar-refractivity contribution in [3.05, 3.63) is 33.8 Å². The number of nitrogens with one attached hydrogen (secondary N) is 2. The van der Waals surface area contributed by atoms with E-state index in [1.165, 1.54) is 0 Å². The highest BCUT2D eigenvalue weighted by molar-refractivity contribution is 6.42. The molecule has 0 fully saturated rings. The number of benzene rings is 1. The second-order valence-corrected chi connectivity index (χ2v) is 4.79. The summed E-state index contributed by atoms with van der Waals surface area (Å²) in [6.45, 7) is 4.80. The molecular weight excluding hydrogens is 259 g/mol. The summed E-state index contributed by atoms with van der Waals surface area (Å²) in [5, 5.41) is 16.6. The first-order chi connectivity index (χ1) is 8.09. The van der Waals surface area contributed by atoms with E-state index < -0.39 is 0 Å². The largest absolute Gasteiger partial charge is 0.392 e. The predicted octanol–water partition coefficient (Wildman–Crippen LogP) is 2.05. The van der Waals surface area contributed by atoms with E-state index in [4.69, 9.17) is 28.3 Å². The Bertz CT molecular complexity index is 345. The first-order valence-corrected chi connectivity index (χ1v) is 6.38. The molecule has 96 valence electrons. The maximum Gasteiger partial charge on any atom is 0.0636 e. The maximum atomic E-state index is 9.03. The van der Waals surface area contributed by atoms with Crippen molar-refractivity contribution in [2.75, 3.05) is 19.6 Å². The van der Waals surface area contributed by atoms with Gasteiger partial charge in [-0.2, -0.15) is 0 Å². The molecule has 1 rings (SSSR count). The van der Waals surface area contributed by atoms with Crippen LogP contribution in [0.1, 0.15) is 12.5 Å². The Morgan fingerprint density at radius 3 is 2.53 bits per heavy atom. The van der Waals surface area contributed by atoms with Crippen LogP contribution in [0.2, 0.25) is 10.0 Å². The lowest BCUT2D eigenvalue weighted by Crippen LogP contribution is -2.31. The molecule has 5 heteroatoms. The fourth-order valence-electron chi connectivity index (χ4n) is 1.37. The smallest absolute Gasteiger partial charge is 0.0636 e. The van der Waals surface area contributed by atoms with E-state index in [9.17, 15) is 0 Å². The Labute approximate surface area is 112 Å². The standard InChI is InChI=1S/C12H18Cl2N2O/c1-9(17)7-15-4-5-16-8-10-2-3-11(13)12(14)6-10/h2-3,6,9,15-17H,4-5,7-8H2,1H3/t9-/m1/s1. The molecule has 0 saturated carbocycles. The van der Waals surface area contributed by atoms with Gasteiger partial charge in [0.05, 0.1) is 16.1 Å². The van der Waals surface area contributed by atoms with Gasteiger partial charge in [0, 0.05) is 26.2 Å². The predicted molar refractivity (Wildman–Crippen MR) is 72.7 cm³/mol. The highest BCUT2D eigenvalue weighted by Gasteiger charge is 1.99. The lowest BCUT2D eigenvalue weighted by Gasteiger charge is -2.08. The molecule has 0 aliphatic heterocycles. The normalized spacial score (nSPS) is 12.7. The maximum absolute atomic E-state index is 9.03. The molecule has 1 aromatic rings. The molecule has 0 aromatic heterocycles. The Hall–Kier alpha value is -0.320. The van der Waals surface area contributed by atoms with Crippen molar-refractivity contribution in [2.24, 2.45) is 0 Å². The van der Waals surface area contributed by atoms with Gasteiger partial charge in [0.1, 0.15) is 0 Å². The van der Waals surface area contributed by atoms with Crippen LogP contribution in [0.4, 0.5) is 0 Å². The number of hydrogen-bond donors (Lipinski definition) is 3. The quantitative estimate of drug-likeness (QED) is 0.668. The first-order valence-electron chi connectivity index (χ1n) is 5.63. The van der Waals surface area contributed by atoms with Crippen LogP contribution in [-0.4, -0.2) is 30.8 Å². The highest BCUT2D eigenvalue weighted by Crippen LogP contribution is 2.22. The summed E-state index contributed by atoms with van der Waals surface area (Å²) in [5.41, 5.74) is 1.11. The Morgan fingerprint density at radius 2 is 1.88 bits per heavy atom. The van der Waals surface area contributed by atoms with Crippen LogP contribution in [0, 0.1) is 0 Å². The molecule has 0 aliphatic rings. The second kappa shape index (κ2) is 7.90. The van der Waals surface area contributed by atoms with Gasteiger partial charge in [0.15, 0.2) is 0 Å². The molecule has 0 saturated heterocycles. The van der Waals surface area contributed by atoms with E-state index in [0.717, 1.165) is 25.2 Å². The Kier molecular flexibility index (Phi) is 6.85. The molecule has 17 heavy (non-hydrogen) atoms. The fourth-order valence-corrected chi connectivity index (χ4v) is 1.69. The van der Waals surface area contributed by atoms with Crippen LogP contribution in [-0.2, 0) is 6.54 Å². The summed E-state index contributed by atoms with van der Waals surface area (Å²) in [4.78, 5) is 0. The number of rotatable bonds is 7. The molecule has 1 atom stereocenters. The van der Waals surface area contributed by atoms with Gasteiger partial charge >= 0.3 is 0 Å². The van der Waals surface area contributed by atoms with Crippen molar-refractivity contribution in [3.8, 4) is 0 Å². The van der Waals surface area contributed by atoms with Crippen LogP contribution in [0.15, 0.2) is 18.2 Å². The van der Waals surface area contributed by atoms with E-state index in [1.54, 1.807) is 13.0 Å². The van der Waals surface area contributed by atoms with E-state index >= 15 is 0 Å². The molecule has 0 bridgehead atoms. The molecule has 3 nitrogen and oxygen atoms in total. The summed E-state index contributed by atoms with van der Waals surface area (Å²) < 4.78 is 0.